The van der Waals surface area contributed by atoms with E-state index in [-0.39, 0.29) is 5.57 Å². The maximum Gasteiger partial charge on any atom is 0.266 e. The van der Waals surface area contributed by atoms with Gasteiger partial charge in [-0.3, -0.25) is 4.79 Å². The Morgan fingerprint density at radius 1 is 1.17 bits per heavy atom. The lowest BCUT2D eigenvalue weighted by Crippen LogP contribution is -2.13. The second-order valence-electron chi connectivity index (χ2n) is 6.47. The molecule has 146 valence electrons. The van der Waals surface area contributed by atoms with Crippen LogP contribution in [0.25, 0.3) is 11.8 Å². The number of hydrogen-bond acceptors (Lipinski definition) is 3. The first kappa shape index (κ1) is 20.2. The van der Waals surface area contributed by atoms with Crippen molar-refractivity contribution in [3.05, 3.63) is 82.1 Å². The Morgan fingerprint density at radius 3 is 2.52 bits per heavy atom. The summed E-state index contributed by atoms with van der Waals surface area (Å²) in [5, 5.41) is 12.7. The third-order valence-electron chi connectivity index (χ3n) is 4.56. The predicted molar refractivity (Wildman–Crippen MR) is 115 cm³/mol. The van der Waals surface area contributed by atoms with Gasteiger partial charge < -0.3 is 14.6 Å². The molecule has 29 heavy (non-hydrogen) atoms. The molecular formula is C23H20ClN3O2. The number of nitrogens with zero attached hydrogens (tertiary/aromatic N) is 2. The molecule has 0 aliphatic heterocycles. The quantitative estimate of drug-likeness (QED) is 0.462. The number of ether oxygens (including phenoxy) is 1. The number of carbonyl (C=O) groups is 1. The second-order valence-corrected chi connectivity index (χ2v) is 6.88. The predicted octanol–water partition coefficient (Wildman–Crippen LogP) is 5.30. The highest BCUT2D eigenvalue weighted by Crippen LogP contribution is 2.29. The average molecular weight is 406 g/mol. The summed E-state index contributed by atoms with van der Waals surface area (Å²) in [5.74, 6) is 0.151. The molecule has 0 bridgehead atoms. The molecule has 5 nitrogen and oxygen atoms in total. The Balaban J connectivity index is 1.95. The fourth-order valence-electron chi connectivity index (χ4n) is 3.15. The summed E-state index contributed by atoms with van der Waals surface area (Å²) in [5.41, 5.74) is 4.17. The van der Waals surface area contributed by atoms with Crippen molar-refractivity contribution in [3.63, 3.8) is 0 Å². The van der Waals surface area contributed by atoms with Crippen molar-refractivity contribution in [3.8, 4) is 17.5 Å². The number of anilines is 1. The first-order valence-corrected chi connectivity index (χ1v) is 9.33. The van der Waals surface area contributed by atoms with Crippen molar-refractivity contribution < 1.29 is 9.53 Å². The number of aryl methyl sites for hydroxylation is 1. The van der Waals surface area contributed by atoms with Crippen LogP contribution < -0.4 is 10.1 Å². The van der Waals surface area contributed by atoms with Gasteiger partial charge in [0.15, 0.2) is 0 Å². The maximum atomic E-state index is 12.5. The zero-order valence-corrected chi connectivity index (χ0v) is 17.1. The first-order valence-electron chi connectivity index (χ1n) is 8.95. The number of rotatable bonds is 5. The number of para-hydroxylation sites is 1. The molecule has 1 aromatic heterocycles. The Hall–Kier alpha value is -3.49. The van der Waals surface area contributed by atoms with Gasteiger partial charge in [0, 0.05) is 22.8 Å². The third kappa shape index (κ3) is 4.34. The van der Waals surface area contributed by atoms with Crippen LogP contribution in [0.1, 0.15) is 17.0 Å². The molecule has 3 aromatic rings. The zero-order chi connectivity index (χ0) is 21.0. The molecule has 1 amide bonds. The minimum atomic E-state index is -0.448. The summed E-state index contributed by atoms with van der Waals surface area (Å²) >= 11 is 6.27. The smallest absolute Gasteiger partial charge is 0.266 e. The van der Waals surface area contributed by atoms with Crippen LogP contribution >= 0.6 is 11.6 Å². The summed E-state index contributed by atoms with van der Waals surface area (Å²) in [7, 11) is 1.57. The SMILES string of the molecule is COc1ccc(-n2c(C)cc(/C=C(\C#N)C(=O)Nc3ccccc3)c2C)cc1Cl. The van der Waals surface area contributed by atoms with Crippen LogP contribution in [0.4, 0.5) is 5.69 Å². The summed E-state index contributed by atoms with van der Waals surface area (Å²) in [6.07, 6.45) is 1.60. The molecule has 0 unspecified atom stereocenters. The number of carbonyl (C=O) groups excluding carboxylic acids is 1. The number of amides is 1. The number of benzene rings is 2. The van der Waals surface area contributed by atoms with Gasteiger partial charge >= 0.3 is 0 Å². The Kier molecular flexibility index (Phi) is 6.06. The number of methoxy groups -OCH3 is 1. The Morgan fingerprint density at radius 2 is 1.90 bits per heavy atom. The van der Waals surface area contributed by atoms with E-state index < -0.39 is 5.91 Å². The number of hydrogen-bond donors (Lipinski definition) is 1. The van der Waals surface area contributed by atoms with E-state index in [1.54, 1.807) is 31.4 Å². The van der Waals surface area contributed by atoms with Gasteiger partial charge in [0.1, 0.15) is 17.4 Å². The Bertz CT molecular complexity index is 1130. The standard InChI is InChI=1S/C23H20ClN3O2/c1-15-11-17(12-18(14-25)23(28)26-19-7-5-4-6-8-19)16(2)27(15)20-9-10-22(29-3)21(24)13-20/h4-13H,1-3H3,(H,26,28)/b18-12+. The fourth-order valence-corrected chi connectivity index (χ4v) is 3.40. The van der Waals surface area contributed by atoms with Crippen LogP contribution in [0.2, 0.25) is 5.02 Å². The van der Waals surface area contributed by atoms with Gasteiger partial charge in [-0.05, 0) is 61.9 Å². The van der Waals surface area contributed by atoms with Crippen LogP contribution in [0, 0.1) is 25.2 Å². The lowest BCUT2D eigenvalue weighted by atomic mass is 10.1. The molecule has 0 spiro atoms. The van der Waals surface area contributed by atoms with Crippen molar-refractivity contribution in [2.75, 3.05) is 12.4 Å². The molecule has 1 N–H and O–H groups in total. The second kappa shape index (κ2) is 8.68. The van der Waals surface area contributed by atoms with E-state index in [4.69, 9.17) is 16.3 Å². The lowest BCUT2D eigenvalue weighted by Gasteiger charge is -2.12. The maximum absolute atomic E-state index is 12.5. The molecule has 0 aliphatic rings. The number of aromatic nitrogens is 1. The monoisotopic (exact) mass is 405 g/mol. The van der Waals surface area contributed by atoms with Crippen molar-refractivity contribution in [1.29, 1.82) is 5.26 Å². The highest BCUT2D eigenvalue weighted by atomic mass is 35.5. The topological polar surface area (TPSA) is 67.0 Å². The van der Waals surface area contributed by atoms with Crippen molar-refractivity contribution in [2.24, 2.45) is 0 Å². The summed E-state index contributed by atoms with van der Waals surface area (Å²) in [4.78, 5) is 12.5. The van der Waals surface area contributed by atoms with E-state index in [2.05, 4.69) is 5.32 Å². The molecule has 0 radical (unpaired) electrons. The molecule has 0 saturated heterocycles. The van der Waals surface area contributed by atoms with E-state index >= 15 is 0 Å². The molecule has 0 fully saturated rings. The third-order valence-corrected chi connectivity index (χ3v) is 4.86. The zero-order valence-electron chi connectivity index (χ0n) is 16.4. The highest BCUT2D eigenvalue weighted by Gasteiger charge is 2.15. The summed E-state index contributed by atoms with van der Waals surface area (Å²) in [6, 6.07) is 18.5. The van der Waals surface area contributed by atoms with Crippen LogP contribution in [0.3, 0.4) is 0 Å². The summed E-state index contributed by atoms with van der Waals surface area (Å²) < 4.78 is 7.23. The van der Waals surface area contributed by atoms with E-state index in [1.165, 1.54) is 0 Å². The highest BCUT2D eigenvalue weighted by molar-refractivity contribution is 6.32. The molecule has 0 aliphatic carbocycles. The van der Waals surface area contributed by atoms with Gasteiger partial charge in [0.2, 0.25) is 0 Å². The number of nitriles is 1. The van der Waals surface area contributed by atoms with Crippen LogP contribution in [-0.4, -0.2) is 17.6 Å². The largest absolute Gasteiger partial charge is 0.495 e. The van der Waals surface area contributed by atoms with Gasteiger partial charge in [-0.1, -0.05) is 29.8 Å². The summed E-state index contributed by atoms with van der Waals surface area (Å²) in [6.45, 7) is 3.89. The molecular weight excluding hydrogens is 386 g/mol. The van der Waals surface area contributed by atoms with Crippen LogP contribution in [0.15, 0.2) is 60.2 Å². The van der Waals surface area contributed by atoms with Gasteiger partial charge in [-0.15, -0.1) is 0 Å². The number of nitrogens with one attached hydrogen (secondary N) is 1. The van der Waals surface area contributed by atoms with Crippen molar-refractivity contribution >= 4 is 29.3 Å². The van der Waals surface area contributed by atoms with Gasteiger partial charge in [-0.25, -0.2) is 0 Å². The van der Waals surface area contributed by atoms with E-state index in [0.29, 0.717) is 16.5 Å². The van der Waals surface area contributed by atoms with Gasteiger partial charge in [0.05, 0.1) is 12.1 Å². The molecule has 3 rings (SSSR count). The minimum absolute atomic E-state index is 0.0295. The molecule has 1 heterocycles. The molecule has 0 atom stereocenters. The fraction of sp³-hybridized carbons (Fsp3) is 0.130. The van der Waals surface area contributed by atoms with Crippen LogP contribution in [0.5, 0.6) is 5.75 Å². The molecule has 0 saturated carbocycles. The number of halogens is 1. The molecule has 2 aromatic carbocycles. The van der Waals surface area contributed by atoms with E-state index in [1.807, 2.05) is 60.9 Å². The van der Waals surface area contributed by atoms with Gasteiger partial charge in [0.25, 0.3) is 5.91 Å². The van der Waals surface area contributed by atoms with E-state index in [0.717, 1.165) is 22.6 Å². The van der Waals surface area contributed by atoms with Crippen molar-refractivity contribution in [2.45, 2.75) is 13.8 Å². The lowest BCUT2D eigenvalue weighted by molar-refractivity contribution is -0.112. The Labute approximate surface area is 174 Å². The van der Waals surface area contributed by atoms with E-state index in [9.17, 15) is 10.1 Å². The average Bonchev–Trinajstić information content (AvgIpc) is 2.99. The molecule has 6 heteroatoms. The van der Waals surface area contributed by atoms with Gasteiger partial charge in [-0.2, -0.15) is 5.26 Å². The van der Waals surface area contributed by atoms with Crippen molar-refractivity contribution in [1.82, 2.24) is 4.57 Å². The normalized spacial score (nSPS) is 11.1. The first-order chi connectivity index (χ1) is 13.9. The minimum Gasteiger partial charge on any atom is -0.495 e. The van der Waals surface area contributed by atoms with Crippen LogP contribution in [-0.2, 0) is 4.79 Å².